The van der Waals surface area contributed by atoms with Gasteiger partial charge in [-0.25, -0.2) is 0 Å². The molecule has 4 heteroatoms. The van der Waals surface area contributed by atoms with Crippen molar-refractivity contribution in [2.24, 2.45) is 5.73 Å². The van der Waals surface area contributed by atoms with Crippen molar-refractivity contribution in [1.82, 2.24) is 0 Å². The Balaban J connectivity index is 2.45. The number of phenolic OH excluding ortho intramolecular Hbond substituents is 1. The van der Waals surface area contributed by atoms with Crippen LogP contribution in [0.25, 0.3) is 0 Å². The minimum Gasteiger partial charge on any atom is -0.508 e. The number of nitrogen functional groups attached to an aromatic ring is 1. The predicted octanol–water partition coefficient (Wildman–Crippen LogP) is 0.965. The Hall–Kier alpha value is -1.94. The SMILES string of the molecule is NC1=CCC(O)(c2cc(N)ccc2O)C=C1. The molecule has 0 saturated carbocycles. The molecule has 1 aromatic carbocycles. The molecular formula is C12H14N2O2. The van der Waals surface area contributed by atoms with Crippen LogP contribution in [0.5, 0.6) is 5.75 Å². The van der Waals surface area contributed by atoms with Gasteiger partial charge in [0.1, 0.15) is 11.4 Å². The average Bonchev–Trinajstić information content (AvgIpc) is 2.26. The van der Waals surface area contributed by atoms with Gasteiger partial charge in [0, 0.05) is 23.4 Å². The molecule has 0 saturated heterocycles. The molecule has 84 valence electrons. The van der Waals surface area contributed by atoms with Crippen molar-refractivity contribution in [2.75, 3.05) is 5.73 Å². The van der Waals surface area contributed by atoms with Crippen LogP contribution in [0.15, 0.2) is 42.1 Å². The molecule has 16 heavy (non-hydrogen) atoms. The van der Waals surface area contributed by atoms with Crippen LogP contribution in [0.1, 0.15) is 12.0 Å². The zero-order valence-electron chi connectivity index (χ0n) is 8.72. The van der Waals surface area contributed by atoms with Gasteiger partial charge in [-0.2, -0.15) is 0 Å². The van der Waals surface area contributed by atoms with Crippen molar-refractivity contribution < 1.29 is 10.2 Å². The third kappa shape index (κ3) is 1.75. The minimum atomic E-state index is -1.23. The van der Waals surface area contributed by atoms with E-state index in [2.05, 4.69) is 0 Å². The van der Waals surface area contributed by atoms with Gasteiger partial charge in [0.2, 0.25) is 0 Å². The van der Waals surface area contributed by atoms with E-state index in [0.29, 0.717) is 23.4 Å². The lowest BCUT2D eigenvalue weighted by molar-refractivity contribution is 0.0883. The molecule has 6 N–H and O–H groups in total. The maximum Gasteiger partial charge on any atom is 0.122 e. The highest BCUT2D eigenvalue weighted by Crippen LogP contribution is 2.36. The summed E-state index contributed by atoms with van der Waals surface area (Å²) < 4.78 is 0. The number of anilines is 1. The van der Waals surface area contributed by atoms with E-state index in [1.54, 1.807) is 30.4 Å². The van der Waals surface area contributed by atoms with Gasteiger partial charge in [-0.1, -0.05) is 6.08 Å². The number of phenols is 1. The summed E-state index contributed by atoms with van der Waals surface area (Å²) in [7, 11) is 0. The van der Waals surface area contributed by atoms with Gasteiger partial charge in [-0.3, -0.25) is 0 Å². The lowest BCUT2D eigenvalue weighted by Crippen LogP contribution is -2.25. The topological polar surface area (TPSA) is 92.5 Å². The molecule has 0 bridgehead atoms. The predicted molar refractivity (Wildman–Crippen MR) is 62.4 cm³/mol. The van der Waals surface area contributed by atoms with Crippen LogP contribution in [0.2, 0.25) is 0 Å². The molecule has 0 aromatic heterocycles. The van der Waals surface area contributed by atoms with Crippen LogP contribution in [-0.4, -0.2) is 10.2 Å². The van der Waals surface area contributed by atoms with Crippen molar-refractivity contribution >= 4 is 5.69 Å². The summed E-state index contributed by atoms with van der Waals surface area (Å²) in [5.74, 6) is 0.0234. The number of allylic oxidation sites excluding steroid dienone is 1. The van der Waals surface area contributed by atoms with Gasteiger partial charge in [-0.05, 0) is 30.4 Å². The lowest BCUT2D eigenvalue weighted by Gasteiger charge is -2.27. The number of hydrogen-bond donors (Lipinski definition) is 4. The molecule has 0 fully saturated rings. The Bertz CT molecular complexity index is 480. The number of benzene rings is 1. The molecule has 0 amide bonds. The lowest BCUT2D eigenvalue weighted by atomic mass is 9.86. The Kier molecular flexibility index (Phi) is 2.36. The second-order valence-corrected chi connectivity index (χ2v) is 3.94. The van der Waals surface area contributed by atoms with E-state index in [1.165, 1.54) is 6.07 Å². The molecule has 0 heterocycles. The molecule has 1 atom stereocenters. The highest BCUT2D eigenvalue weighted by atomic mass is 16.3. The van der Waals surface area contributed by atoms with Gasteiger partial charge >= 0.3 is 0 Å². The third-order valence-corrected chi connectivity index (χ3v) is 2.69. The Morgan fingerprint density at radius 2 is 2.00 bits per heavy atom. The molecule has 1 unspecified atom stereocenters. The molecule has 0 spiro atoms. The standard InChI is InChI=1S/C12H14N2O2/c13-8-3-5-12(16,6-4-8)10-7-9(14)1-2-11(10)15/h1-5,7,15-16H,6,13-14H2. The third-order valence-electron chi connectivity index (χ3n) is 2.69. The largest absolute Gasteiger partial charge is 0.508 e. The first kappa shape index (κ1) is 10.6. The van der Waals surface area contributed by atoms with Crippen LogP contribution in [0, 0.1) is 0 Å². The monoisotopic (exact) mass is 218 g/mol. The number of rotatable bonds is 1. The van der Waals surface area contributed by atoms with E-state index < -0.39 is 5.60 Å². The Labute approximate surface area is 93.5 Å². The van der Waals surface area contributed by atoms with Crippen molar-refractivity contribution in [3.05, 3.63) is 47.7 Å². The zero-order chi connectivity index (χ0) is 11.8. The smallest absolute Gasteiger partial charge is 0.122 e. The first-order valence-corrected chi connectivity index (χ1v) is 4.97. The fourth-order valence-electron chi connectivity index (χ4n) is 1.74. The van der Waals surface area contributed by atoms with Gasteiger partial charge in [0.25, 0.3) is 0 Å². The molecule has 1 aliphatic rings. The van der Waals surface area contributed by atoms with Crippen molar-refractivity contribution in [1.29, 1.82) is 0 Å². The number of nitrogens with two attached hydrogens (primary N) is 2. The first-order valence-electron chi connectivity index (χ1n) is 4.97. The number of aliphatic hydroxyl groups is 1. The summed E-state index contributed by atoms with van der Waals surface area (Å²) in [5, 5.41) is 20.1. The maximum atomic E-state index is 10.4. The van der Waals surface area contributed by atoms with E-state index in [4.69, 9.17) is 11.5 Å². The summed E-state index contributed by atoms with van der Waals surface area (Å²) in [6, 6.07) is 4.62. The molecule has 4 nitrogen and oxygen atoms in total. The van der Waals surface area contributed by atoms with E-state index >= 15 is 0 Å². The number of hydrogen-bond acceptors (Lipinski definition) is 4. The van der Waals surface area contributed by atoms with Gasteiger partial charge < -0.3 is 21.7 Å². The molecule has 0 radical (unpaired) electrons. The average molecular weight is 218 g/mol. The molecule has 1 aliphatic carbocycles. The maximum absolute atomic E-state index is 10.4. The van der Waals surface area contributed by atoms with Crippen molar-refractivity contribution in [3.63, 3.8) is 0 Å². The van der Waals surface area contributed by atoms with Crippen molar-refractivity contribution in [3.8, 4) is 5.75 Å². The highest BCUT2D eigenvalue weighted by molar-refractivity contribution is 5.52. The molecule has 2 rings (SSSR count). The van der Waals surface area contributed by atoms with Gasteiger partial charge in [0.05, 0.1) is 0 Å². The summed E-state index contributed by atoms with van der Waals surface area (Å²) in [4.78, 5) is 0. The van der Waals surface area contributed by atoms with E-state index in [9.17, 15) is 10.2 Å². The summed E-state index contributed by atoms with van der Waals surface area (Å²) >= 11 is 0. The number of aromatic hydroxyl groups is 1. The quantitative estimate of drug-likeness (QED) is 0.417. The summed E-state index contributed by atoms with van der Waals surface area (Å²) in [6.45, 7) is 0. The minimum absolute atomic E-state index is 0.0234. The zero-order valence-corrected chi connectivity index (χ0v) is 8.72. The van der Waals surface area contributed by atoms with Crippen LogP contribution < -0.4 is 11.5 Å². The van der Waals surface area contributed by atoms with Crippen LogP contribution in [0.3, 0.4) is 0 Å². The second-order valence-electron chi connectivity index (χ2n) is 3.94. The molecule has 0 aliphatic heterocycles. The summed E-state index contributed by atoms with van der Waals surface area (Å²) in [6.07, 6.45) is 5.22. The fourth-order valence-corrected chi connectivity index (χ4v) is 1.74. The van der Waals surface area contributed by atoms with E-state index in [-0.39, 0.29) is 5.75 Å². The second kappa shape index (κ2) is 3.57. The van der Waals surface area contributed by atoms with Gasteiger partial charge in [0.15, 0.2) is 0 Å². The normalized spacial score (nSPS) is 24.2. The summed E-state index contributed by atoms with van der Waals surface area (Å²) in [5.41, 5.74) is 11.5. The highest BCUT2D eigenvalue weighted by Gasteiger charge is 2.29. The Morgan fingerprint density at radius 1 is 1.25 bits per heavy atom. The van der Waals surface area contributed by atoms with Crippen LogP contribution >= 0.6 is 0 Å². The first-order chi connectivity index (χ1) is 7.51. The Morgan fingerprint density at radius 3 is 2.62 bits per heavy atom. The molecule has 1 aromatic rings. The van der Waals surface area contributed by atoms with E-state index in [1.807, 2.05) is 0 Å². The van der Waals surface area contributed by atoms with E-state index in [0.717, 1.165) is 0 Å². The van der Waals surface area contributed by atoms with Crippen LogP contribution in [0.4, 0.5) is 5.69 Å². The van der Waals surface area contributed by atoms with Crippen molar-refractivity contribution in [2.45, 2.75) is 12.0 Å². The molecular weight excluding hydrogens is 204 g/mol. The van der Waals surface area contributed by atoms with Gasteiger partial charge in [-0.15, -0.1) is 0 Å². The fraction of sp³-hybridized carbons (Fsp3) is 0.167. The van der Waals surface area contributed by atoms with Crippen LogP contribution in [-0.2, 0) is 5.60 Å².